The first-order chi connectivity index (χ1) is 13.0. The second-order valence-corrected chi connectivity index (χ2v) is 6.45. The molecule has 0 aliphatic rings. The van der Waals surface area contributed by atoms with Crippen LogP contribution in [0.3, 0.4) is 0 Å². The van der Waals surface area contributed by atoms with Gasteiger partial charge in [-0.05, 0) is 54.6 Å². The van der Waals surface area contributed by atoms with E-state index in [0.717, 1.165) is 0 Å². The highest BCUT2D eigenvalue weighted by Gasteiger charge is 2.17. The van der Waals surface area contributed by atoms with Gasteiger partial charge in [0.05, 0.1) is 16.4 Å². The number of rotatable bonds is 5. The van der Waals surface area contributed by atoms with Gasteiger partial charge in [-0.3, -0.25) is 4.90 Å². The zero-order chi connectivity index (χ0) is 19.2. The van der Waals surface area contributed by atoms with Crippen molar-refractivity contribution in [1.29, 1.82) is 0 Å². The van der Waals surface area contributed by atoms with Gasteiger partial charge in [0.1, 0.15) is 5.75 Å². The SMILES string of the molecule is Nc1ccc(N(C(=O)NCOc2ccc(Cl)cc2Cl)c2ccccc2)cc1. The summed E-state index contributed by atoms with van der Waals surface area (Å²) >= 11 is 11.9. The number of nitrogens with zero attached hydrogens (tertiary/aromatic N) is 1. The van der Waals surface area contributed by atoms with Crippen LogP contribution in [0.1, 0.15) is 0 Å². The lowest BCUT2D eigenvalue weighted by molar-refractivity contribution is 0.231. The molecule has 0 aliphatic heterocycles. The lowest BCUT2D eigenvalue weighted by Crippen LogP contribution is -2.38. The fraction of sp³-hybridized carbons (Fsp3) is 0.0500. The van der Waals surface area contributed by atoms with Crippen LogP contribution in [0, 0.1) is 0 Å². The Hall–Kier alpha value is -2.89. The van der Waals surface area contributed by atoms with Crippen LogP contribution in [-0.4, -0.2) is 12.8 Å². The number of amides is 2. The van der Waals surface area contributed by atoms with Crippen LogP contribution in [-0.2, 0) is 0 Å². The summed E-state index contributed by atoms with van der Waals surface area (Å²) in [6, 6.07) is 20.8. The number of halogens is 2. The van der Waals surface area contributed by atoms with Crippen molar-refractivity contribution in [2.24, 2.45) is 0 Å². The van der Waals surface area contributed by atoms with Crippen molar-refractivity contribution in [1.82, 2.24) is 5.32 Å². The van der Waals surface area contributed by atoms with E-state index >= 15 is 0 Å². The van der Waals surface area contributed by atoms with Crippen molar-refractivity contribution < 1.29 is 9.53 Å². The number of carbonyl (C=O) groups excluding carboxylic acids is 1. The molecule has 0 unspecified atom stereocenters. The molecule has 0 fully saturated rings. The van der Waals surface area contributed by atoms with Crippen molar-refractivity contribution >= 4 is 46.3 Å². The molecule has 0 aliphatic carbocycles. The van der Waals surface area contributed by atoms with E-state index in [1.807, 2.05) is 30.3 Å². The Bertz CT molecular complexity index is 918. The summed E-state index contributed by atoms with van der Waals surface area (Å²) in [6.07, 6.45) is 0. The average Bonchev–Trinajstić information content (AvgIpc) is 2.66. The number of nitrogens with one attached hydrogen (secondary N) is 1. The maximum Gasteiger partial charge on any atom is 0.329 e. The molecular formula is C20H17Cl2N3O2. The van der Waals surface area contributed by atoms with Crippen LogP contribution in [0.15, 0.2) is 72.8 Å². The largest absolute Gasteiger partial charge is 0.472 e. The van der Waals surface area contributed by atoms with Crippen molar-refractivity contribution in [3.63, 3.8) is 0 Å². The number of nitrogens with two attached hydrogens (primary N) is 1. The lowest BCUT2D eigenvalue weighted by Gasteiger charge is -2.23. The number of para-hydroxylation sites is 1. The molecule has 0 heterocycles. The van der Waals surface area contributed by atoms with E-state index in [9.17, 15) is 4.79 Å². The maximum atomic E-state index is 12.8. The van der Waals surface area contributed by atoms with Crippen LogP contribution in [0.5, 0.6) is 5.75 Å². The highest BCUT2D eigenvalue weighted by Crippen LogP contribution is 2.28. The molecule has 0 atom stereocenters. The molecule has 0 saturated heterocycles. The molecule has 0 aromatic heterocycles. The minimum Gasteiger partial charge on any atom is -0.472 e. The molecule has 0 spiro atoms. The van der Waals surface area contributed by atoms with Crippen molar-refractivity contribution in [3.05, 3.63) is 82.8 Å². The van der Waals surface area contributed by atoms with Gasteiger partial charge in [-0.1, -0.05) is 41.4 Å². The molecular weight excluding hydrogens is 385 g/mol. The summed E-state index contributed by atoms with van der Waals surface area (Å²) in [5, 5.41) is 3.61. The number of nitrogen functional groups attached to an aromatic ring is 1. The summed E-state index contributed by atoms with van der Waals surface area (Å²) in [7, 11) is 0. The summed E-state index contributed by atoms with van der Waals surface area (Å²) in [5.41, 5.74) is 7.76. The number of anilines is 3. The highest BCUT2D eigenvalue weighted by molar-refractivity contribution is 6.35. The molecule has 5 nitrogen and oxygen atoms in total. The lowest BCUT2D eigenvalue weighted by atomic mass is 10.2. The van der Waals surface area contributed by atoms with E-state index in [0.29, 0.717) is 32.9 Å². The molecule has 7 heteroatoms. The van der Waals surface area contributed by atoms with E-state index in [4.69, 9.17) is 33.7 Å². The number of urea groups is 1. The first kappa shape index (κ1) is 18.9. The third-order valence-corrected chi connectivity index (χ3v) is 4.24. The minimum absolute atomic E-state index is 0.0571. The Morgan fingerprint density at radius 3 is 2.30 bits per heavy atom. The first-order valence-corrected chi connectivity index (χ1v) is 8.86. The molecule has 0 bridgehead atoms. The molecule has 0 radical (unpaired) electrons. The van der Waals surface area contributed by atoms with Crippen molar-refractivity contribution in [3.8, 4) is 5.75 Å². The Morgan fingerprint density at radius 1 is 0.963 bits per heavy atom. The van der Waals surface area contributed by atoms with Crippen molar-refractivity contribution in [2.75, 3.05) is 17.4 Å². The average molecular weight is 402 g/mol. The van der Waals surface area contributed by atoms with Gasteiger partial charge >= 0.3 is 6.03 Å². The maximum absolute atomic E-state index is 12.8. The van der Waals surface area contributed by atoms with E-state index in [-0.39, 0.29) is 12.8 Å². The van der Waals surface area contributed by atoms with Gasteiger partial charge in [0.15, 0.2) is 6.73 Å². The van der Waals surface area contributed by atoms with E-state index in [1.165, 1.54) is 4.90 Å². The van der Waals surface area contributed by atoms with Crippen LogP contribution in [0.25, 0.3) is 0 Å². The van der Waals surface area contributed by atoms with Gasteiger partial charge in [-0.15, -0.1) is 0 Å². The van der Waals surface area contributed by atoms with Crippen LogP contribution in [0.2, 0.25) is 10.0 Å². The Morgan fingerprint density at radius 2 is 1.63 bits per heavy atom. The Balaban J connectivity index is 1.74. The van der Waals surface area contributed by atoms with E-state index in [1.54, 1.807) is 42.5 Å². The van der Waals surface area contributed by atoms with Gasteiger partial charge in [0.25, 0.3) is 0 Å². The zero-order valence-corrected chi connectivity index (χ0v) is 15.7. The minimum atomic E-state index is -0.351. The second-order valence-electron chi connectivity index (χ2n) is 5.61. The van der Waals surface area contributed by atoms with Gasteiger partial charge in [-0.2, -0.15) is 0 Å². The molecule has 3 N–H and O–H groups in total. The van der Waals surface area contributed by atoms with Crippen LogP contribution >= 0.6 is 23.2 Å². The second kappa shape index (κ2) is 8.66. The topological polar surface area (TPSA) is 67.6 Å². The van der Waals surface area contributed by atoms with Crippen molar-refractivity contribution in [2.45, 2.75) is 0 Å². The molecule has 3 rings (SSSR count). The van der Waals surface area contributed by atoms with E-state index in [2.05, 4.69) is 5.32 Å². The van der Waals surface area contributed by atoms with Gasteiger partial charge < -0.3 is 15.8 Å². The number of benzene rings is 3. The smallest absolute Gasteiger partial charge is 0.329 e. The number of ether oxygens (including phenoxy) is 1. The summed E-state index contributed by atoms with van der Waals surface area (Å²) in [5.74, 6) is 0.431. The van der Waals surface area contributed by atoms with Crippen LogP contribution in [0.4, 0.5) is 21.9 Å². The molecule has 138 valence electrons. The predicted octanol–water partition coefficient (Wildman–Crippen LogP) is 5.46. The van der Waals surface area contributed by atoms with Crippen LogP contribution < -0.4 is 20.7 Å². The Kier molecular flexibility index (Phi) is 6.06. The summed E-state index contributed by atoms with van der Waals surface area (Å²) < 4.78 is 5.53. The van der Waals surface area contributed by atoms with Gasteiger partial charge in [0.2, 0.25) is 0 Å². The highest BCUT2D eigenvalue weighted by atomic mass is 35.5. The normalized spacial score (nSPS) is 10.3. The van der Waals surface area contributed by atoms with Gasteiger partial charge in [-0.25, -0.2) is 4.79 Å². The zero-order valence-electron chi connectivity index (χ0n) is 14.2. The first-order valence-electron chi connectivity index (χ1n) is 8.11. The quantitative estimate of drug-likeness (QED) is 0.440. The fourth-order valence-electron chi connectivity index (χ4n) is 2.43. The number of hydrogen-bond donors (Lipinski definition) is 2. The number of hydrogen-bond acceptors (Lipinski definition) is 3. The predicted molar refractivity (Wildman–Crippen MR) is 110 cm³/mol. The molecule has 27 heavy (non-hydrogen) atoms. The molecule has 2 amide bonds. The third-order valence-electron chi connectivity index (χ3n) is 3.71. The van der Waals surface area contributed by atoms with E-state index < -0.39 is 0 Å². The number of carbonyl (C=O) groups is 1. The Labute approximate surface area is 167 Å². The molecule has 3 aromatic rings. The standard InChI is InChI=1S/C20H17Cl2N3O2/c21-14-6-11-19(18(22)12-14)27-13-24-20(26)25(16-4-2-1-3-5-16)17-9-7-15(23)8-10-17/h1-12H,13,23H2,(H,24,26). The molecule has 3 aromatic carbocycles. The molecule has 0 saturated carbocycles. The van der Waals surface area contributed by atoms with Gasteiger partial charge in [0, 0.05) is 10.7 Å². The summed E-state index contributed by atoms with van der Waals surface area (Å²) in [4.78, 5) is 14.3. The monoisotopic (exact) mass is 401 g/mol. The fourth-order valence-corrected chi connectivity index (χ4v) is 2.89. The summed E-state index contributed by atoms with van der Waals surface area (Å²) in [6.45, 7) is -0.0571. The third kappa shape index (κ3) is 4.84.